The van der Waals surface area contributed by atoms with E-state index in [0.717, 1.165) is 30.8 Å². The quantitative estimate of drug-likeness (QED) is 0.888. The van der Waals surface area contributed by atoms with Gasteiger partial charge in [0.2, 0.25) is 0 Å². The fourth-order valence-corrected chi connectivity index (χ4v) is 3.15. The Morgan fingerprint density at radius 2 is 2.19 bits per heavy atom. The van der Waals surface area contributed by atoms with Crippen molar-refractivity contribution in [1.82, 2.24) is 9.88 Å². The molecule has 2 aromatic rings. The zero-order valence-corrected chi connectivity index (χ0v) is 15.3. The number of pyridine rings is 1. The van der Waals surface area contributed by atoms with Crippen molar-refractivity contribution < 1.29 is 14.3 Å². The van der Waals surface area contributed by atoms with Crippen molar-refractivity contribution in [3.63, 3.8) is 0 Å². The summed E-state index contributed by atoms with van der Waals surface area (Å²) in [6, 6.07) is 11.1. The largest absolute Gasteiger partial charge is 0.495 e. The predicted molar refractivity (Wildman–Crippen MR) is 101 cm³/mol. The van der Waals surface area contributed by atoms with E-state index in [9.17, 15) is 4.79 Å². The van der Waals surface area contributed by atoms with E-state index in [4.69, 9.17) is 9.47 Å². The second-order valence-electron chi connectivity index (χ2n) is 6.53. The first-order valence-corrected chi connectivity index (χ1v) is 8.90. The molecule has 1 atom stereocenters. The maximum Gasteiger partial charge on any atom is 0.321 e. The maximum atomic E-state index is 12.6. The minimum atomic E-state index is -0.0982. The number of carbonyl (C=O) groups excluding carboxylic acids is 1. The molecule has 0 spiro atoms. The van der Waals surface area contributed by atoms with Crippen LogP contribution in [0.1, 0.15) is 18.5 Å². The summed E-state index contributed by atoms with van der Waals surface area (Å²) in [6.07, 6.45) is 3.78. The smallest absolute Gasteiger partial charge is 0.321 e. The lowest BCUT2D eigenvalue weighted by atomic mass is 9.99. The fourth-order valence-electron chi connectivity index (χ4n) is 3.15. The third-order valence-corrected chi connectivity index (χ3v) is 4.51. The molecule has 1 fully saturated rings. The lowest BCUT2D eigenvalue weighted by Gasteiger charge is -2.32. The highest BCUT2D eigenvalue weighted by Crippen LogP contribution is 2.25. The number of piperidine rings is 1. The zero-order chi connectivity index (χ0) is 18.4. The number of hydrogen-bond acceptors (Lipinski definition) is 4. The lowest BCUT2D eigenvalue weighted by Crippen LogP contribution is -2.43. The standard InChI is InChI=1S/C20H25N3O3/c1-15-12-17(9-10-21-15)26-14-16-6-5-11-23(13-16)20(24)22-18-7-3-4-8-19(18)25-2/h3-4,7-10,12,16H,5-6,11,13-14H2,1-2H3,(H,22,24). The topological polar surface area (TPSA) is 63.7 Å². The first-order chi connectivity index (χ1) is 12.7. The minimum Gasteiger partial charge on any atom is -0.495 e. The second-order valence-corrected chi connectivity index (χ2v) is 6.53. The van der Waals surface area contributed by atoms with Crippen LogP contribution in [0.4, 0.5) is 10.5 Å². The molecule has 1 unspecified atom stereocenters. The van der Waals surface area contributed by atoms with Crippen molar-refractivity contribution in [1.29, 1.82) is 0 Å². The van der Waals surface area contributed by atoms with Crippen molar-refractivity contribution in [2.24, 2.45) is 5.92 Å². The van der Waals surface area contributed by atoms with Gasteiger partial charge in [0, 0.05) is 37.0 Å². The number of aryl methyl sites for hydroxylation is 1. The van der Waals surface area contributed by atoms with Crippen molar-refractivity contribution in [2.45, 2.75) is 19.8 Å². The Balaban J connectivity index is 1.55. The van der Waals surface area contributed by atoms with Gasteiger partial charge in [-0.05, 0) is 38.0 Å². The zero-order valence-electron chi connectivity index (χ0n) is 15.3. The van der Waals surface area contributed by atoms with Gasteiger partial charge < -0.3 is 19.7 Å². The Morgan fingerprint density at radius 3 is 3.00 bits per heavy atom. The Labute approximate surface area is 154 Å². The molecule has 6 heteroatoms. The van der Waals surface area contributed by atoms with Gasteiger partial charge >= 0.3 is 6.03 Å². The summed E-state index contributed by atoms with van der Waals surface area (Å²) in [5, 5.41) is 2.95. The van der Waals surface area contributed by atoms with E-state index in [1.165, 1.54) is 0 Å². The van der Waals surface area contributed by atoms with Gasteiger partial charge in [-0.1, -0.05) is 12.1 Å². The highest BCUT2D eigenvalue weighted by molar-refractivity contribution is 5.91. The van der Waals surface area contributed by atoms with Crippen LogP contribution in [-0.4, -0.2) is 42.7 Å². The minimum absolute atomic E-state index is 0.0982. The van der Waals surface area contributed by atoms with Gasteiger partial charge in [0.15, 0.2) is 0 Å². The molecule has 2 heterocycles. The third-order valence-electron chi connectivity index (χ3n) is 4.51. The van der Waals surface area contributed by atoms with Crippen LogP contribution in [0, 0.1) is 12.8 Å². The van der Waals surface area contributed by atoms with Gasteiger partial charge in [-0.2, -0.15) is 0 Å². The third kappa shape index (κ3) is 4.65. The van der Waals surface area contributed by atoms with Crippen LogP contribution >= 0.6 is 0 Å². The van der Waals surface area contributed by atoms with Crippen molar-refractivity contribution >= 4 is 11.7 Å². The number of urea groups is 1. The van der Waals surface area contributed by atoms with Crippen LogP contribution in [0.3, 0.4) is 0 Å². The summed E-state index contributed by atoms with van der Waals surface area (Å²) in [6.45, 7) is 3.98. The average molecular weight is 355 g/mol. The van der Waals surface area contributed by atoms with E-state index in [1.807, 2.05) is 48.2 Å². The van der Waals surface area contributed by atoms with Crippen LogP contribution < -0.4 is 14.8 Å². The Hall–Kier alpha value is -2.76. The molecule has 138 valence electrons. The Morgan fingerprint density at radius 1 is 1.35 bits per heavy atom. The maximum absolute atomic E-state index is 12.6. The van der Waals surface area contributed by atoms with Gasteiger partial charge in [0.25, 0.3) is 0 Å². The van der Waals surface area contributed by atoms with Gasteiger partial charge in [-0.15, -0.1) is 0 Å². The number of likely N-dealkylation sites (tertiary alicyclic amines) is 1. The molecular formula is C20H25N3O3. The molecule has 0 bridgehead atoms. The van der Waals surface area contributed by atoms with E-state index in [2.05, 4.69) is 10.3 Å². The summed E-state index contributed by atoms with van der Waals surface area (Å²) in [5.74, 6) is 1.81. The molecule has 26 heavy (non-hydrogen) atoms. The fraction of sp³-hybridized carbons (Fsp3) is 0.400. The van der Waals surface area contributed by atoms with Crippen LogP contribution in [-0.2, 0) is 0 Å². The van der Waals surface area contributed by atoms with E-state index in [1.54, 1.807) is 13.3 Å². The number of anilines is 1. The van der Waals surface area contributed by atoms with Gasteiger partial charge in [-0.25, -0.2) is 4.79 Å². The SMILES string of the molecule is COc1ccccc1NC(=O)N1CCCC(COc2ccnc(C)c2)C1. The average Bonchev–Trinajstić information content (AvgIpc) is 2.67. The normalized spacial score (nSPS) is 16.8. The number of aromatic nitrogens is 1. The van der Waals surface area contributed by atoms with Gasteiger partial charge in [-0.3, -0.25) is 4.98 Å². The number of para-hydroxylation sites is 2. The summed E-state index contributed by atoms with van der Waals surface area (Å²) in [5.41, 5.74) is 1.62. The second kappa shape index (κ2) is 8.56. The van der Waals surface area contributed by atoms with E-state index < -0.39 is 0 Å². The molecule has 0 saturated carbocycles. The number of ether oxygens (including phenoxy) is 2. The number of hydrogen-bond donors (Lipinski definition) is 1. The number of benzene rings is 1. The van der Waals surface area contributed by atoms with Crippen LogP contribution in [0.15, 0.2) is 42.6 Å². The molecule has 3 rings (SSSR count). The van der Waals surface area contributed by atoms with Crippen molar-refractivity contribution in [3.05, 3.63) is 48.3 Å². The van der Waals surface area contributed by atoms with E-state index in [-0.39, 0.29) is 6.03 Å². The molecule has 1 saturated heterocycles. The molecule has 1 N–H and O–H groups in total. The summed E-state index contributed by atoms with van der Waals surface area (Å²) >= 11 is 0. The van der Waals surface area contributed by atoms with Gasteiger partial charge in [0.05, 0.1) is 19.4 Å². The molecule has 1 aliphatic rings. The Bertz CT molecular complexity index is 751. The molecule has 0 aliphatic carbocycles. The summed E-state index contributed by atoms with van der Waals surface area (Å²) in [4.78, 5) is 18.6. The molecule has 1 aromatic heterocycles. The van der Waals surface area contributed by atoms with Crippen LogP contribution in [0.5, 0.6) is 11.5 Å². The molecule has 0 radical (unpaired) electrons. The molecular weight excluding hydrogens is 330 g/mol. The summed E-state index contributed by atoms with van der Waals surface area (Å²) < 4.78 is 11.2. The number of amides is 2. The molecule has 2 amide bonds. The number of rotatable bonds is 5. The number of carbonyl (C=O) groups is 1. The van der Waals surface area contributed by atoms with Crippen LogP contribution in [0.2, 0.25) is 0 Å². The molecule has 6 nitrogen and oxygen atoms in total. The summed E-state index contributed by atoms with van der Waals surface area (Å²) in [7, 11) is 1.60. The first kappa shape index (κ1) is 18.0. The highest BCUT2D eigenvalue weighted by Gasteiger charge is 2.24. The van der Waals surface area contributed by atoms with E-state index >= 15 is 0 Å². The molecule has 1 aliphatic heterocycles. The first-order valence-electron chi connectivity index (χ1n) is 8.90. The van der Waals surface area contributed by atoms with Crippen molar-refractivity contribution in [3.8, 4) is 11.5 Å². The number of nitrogens with zero attached hydrogens (tertiary/aromatic N) is 2. The van der Waals surface area contributed by atoms with Gasteiger partial charge in [0.1, 0.15) is 11.5 Å². The monoisotopic (exact) mass is 355 g/mol. The number of methoxy groups -OCH3 is 1. The lowest BCUT2D eigenvalue weighted by molar-refractivity contribution is 0.145. The van der Waals surface area contributed by atoms with Crippen LogP contribution in [0.25, 0.3) is 0 Å². The van der Waals surface area contributed by atoms with Crippen molar-refractivity contribution in [2.75, 3.05) is 32.1 Å². The molecule has 1 aromatic carbocycles. The highest BCUT2D eigenvalue weighted by atomic mass is 16.5. The predicted octanol–water partition coefficient (Wildman–Crippen LogP) is 3.72. The number of nitrogens with one attached hydrogen (secondary N) is 1. The van der Waals surface area contributed by atoms with E-state index in [0.29, 0.717) is 30.5 Å². The Kier molecular flexibility index (Phi) is 5.94.